The Labute approximate surface area is 158 Å². The summed E-state index contributed by atoms with van der Waals surface area (Å²) in [6, 6.07) is 9.63. The van der Waals surface area contributed by atoms with Crippen molar-refractivity contribution < 1.29 is 0 Å². The van der Waals surface area contributed by atoms with Crippen LogP contribution in [0.15, 0.2) is 47.5 Å². The van der Waals surface area contributed by atoms with Crippen LogP contribution in [0.5, 0.6) is 0 Å². The number of hydrogen-bond acceptors (Lipinski definition) is 6. The third kappa shape index (κ3) is 3.64. The number of fused-ring (bicyclic) bond motifs is 1. The molecule has 0 amide bonds. The fourth-order valence-corrected chi connectivity index (χ4v) is 3.47. The number of aromatic nitrogens is 3. The first-order valence-electron chi connectivity index (χ1n) is 9.32. The molecule has 1 aliphatic rings. The van der Waals surface area contributed by atoms with Gasteiger partial charge in [0.15, 0.2) is 5.43 Å². The lowest BCUT2D eigenvalue weighted by atomic mass is 10.2. The normalized spacial score (nSPS) is 15.4. The van der Waals surface area contributed by atoms with E-state index in [4.69, 9.17) is 10.7 Å². The summed E-state index contributed by atoms with van der Waals surface area (Å²) >= 11 is 0. The van der Waals surface area contributed by atoms with Crippen molar-refractivity contribution in [2.24, 2.45) is 0 Å². The predicted molar refractivity (Wildman–Crippen MR) is 108 cm³/mol. The molecule has 1 saturated heterocycles. The van der Waals surface area contributed by atoms with Gasteiger partial charge in [-0.15, -0.1) is 0 Å². The molecule has 1 aromatic carbocycles. The molecule has 1 fully saturated rings. The second-order valence-corrected chi connectivity index (χ2v) is 6.88. The predicted octanol–water partition coefficient (Wildman–Crippen LogP) is 1.72. The lowest BCUT2D eigenvalue weighted by molar-refractivity contribution is 0.249. The van der Waals surface area contributed by atoms with Gasteiger partial charge in [-0.1, -0.05) is 12.1 Å². The van der Waals surface area contributed by atoms with Gasteiger partial charge in [-0.25, -0.2) is 4.98 Å². The van der Waals surface area contributed by atoms with Crippen LogP contribution in [0, 0.1) is 0 Å². The number of piperazine rings is 1. The molecule has 3 heterocycles. The third-order valence-corrected chi connectivity index (χ3v) is 5.08. The van der Waals surface area contributed by atoms with Crippen LogP contribution >= 0.6 is 0 Å². The second kappa shape index (κ2) is 7.36. The number of rotatable bonds is 4. The number of nitrogen functional groups attached to an aromatic ring is 1. The van der Waals surface area contributed by atoms with Gasteiger partial charge in [-0.3, -0.25) is 9.69 Å². The minimum absolute atomic E-state index is 0.0328. The summed E-state index contributed by atoms with van der Waals surface area (Å²) in [6.07, 6.45) is 3.46. The van der Waals surface area contributed by atoms with Crippen LogP contribution in [-0.4, -0.2) is 45.6 Å². The van der Waals surface area contributed by atoms with Crippen LogP contribution in [0.2, 0.25) is 0 Å². The van der Waals surface area contributed by atoms with Crippen molar-refractivity contribution in [1.29, 1.82) is 0 Å². The van der Waals surface area contributed by atoms with E-state index < -0.39 is 0 Å². The van der Waals surface area contributed by atoms with Crippen LogP contribution in [-0.2, 0) is 13.1 Å². The number of nitrogens with zero attached hydrogens (tertiary/aromatic N) is 5. The zero-order valence-corrected chi connectivity index (χ0v) is 15.5. The van der Waals surface area contributed by atoms with E-state index in [1.54, 1.807) is 18.5 Å². The molecule has 2 N–H and O–H groups in total. The minimum Gasteiger partial charge on any atom is -0.399 e. The molecule has 2 aromatic heterocycles. The molecular weight excluding hydrogens is 340 g/mol. The molecular formula is C20H24N6O. The molecule has 1 aliphatic heterocycles. The minimum atomic E-state index is -0.0328. The largest absolute Gasteiger partial charge is 0.399 e. The topological polar surface area (TPSA) is 80.3 Å². The molecule has 4 rings (SSSR count). The summed E-state index contributed by atoms with van der Waals surface area (Å²) in [4.78, 5) is 25.8. The summed E-state index contributed by atoms with van der Waals surface area (Å²) in [5.74, 6) is 0.697. The number of aryl methyl sites for hydroxylation is 1. The van der Waals surface area contributed by atoms with Crippen molar-refractivity contribution in [2.45, 2.75) is 20.0 Å². The maximum Gasteiger partial charge on any atom is 0.227 e. The van der Waals surface area contributed by atoms with Gasteiger partial charge in [-0.05, 0) is 24.6 Å². The van der Waals surface area contributed by atoms with Crippen molar-refractivity contribution in [3.8, 4) is 0 Å². The van der Waals surface area contributed by atoms with Gasteiger partial charge in [-0.2, -0.15) is 4.98 Å². The number of benzene rings is 1. The molecule has 0 saturated carbocycles. The Bertz CT molecular complexity index is 990. The van der Waals surface area contributed by atoms with Crippen molar-refractivity contribution >= 4 is 22.7 Å². The first-order valence-corrected chi connectivity index (χ1v) is 9.32. The van der Waals surface area contributed by atoms with Gasteiger partial charge >= 0.3 is 0 Å². The van der Waals surface area contributed by atoms with E-state index in [2.05, 4.69) is 26.9 Å². The monoisotopic (exact) mass is 364 g/mol. The Kier molecular flexibility index (Phi) is 4.77. The van der Waals surface area contributed by atoms with Crippen molar-refractivity contribution in [3.63, 3.8) is 0 Å². The maximum absolute atomic E-state index is 12.1. The van der Waals surface area contributed by atoms with E-state index in [-0.39, 0.29) is 5.43 Å². The fraction of sp³-hybridized carbons (Fsp3) is 0.350. The standard InChI is InChI=1S/C20H24N6O/c1-2-25-8-7-18(27)17-13-22-20(23-19(17)25)26-11-9-24(10-12-26)14-15-3-5-16(21)6-4-15/h3-8,13H,2,9-12,14,21H2,1H3. The van der Waals surface area contributed by atoms with E-state index in [1.165, 1.54) is 5.56 Å². The molecule has 27 heavy (non-hydrogen) atoms. The van der Waals surface area contributed by atoms with E-state index in [0.29, 0.717) is 17.0 Å². The maximum atomic E-state index is 12.1. The first-order chi connectivity index (χ1) is 13.1. The molecule has 140 valence electrons. The van der Waals surface area contributed by atoms with Crippen molar-refractivity contribution in [3.05, 3.63) is 58.5 Å². The van der Waals surface area contributed by atoms with E-state index >= 15 is 0 Å². The quantitative estimate of drug-likeness (QED) is 0.710. The van der Waals surface area contributed by atoms with Gasteiger partial charge in [0, 0.05) is 63.4 Å². The highest BCUT2D eigenvalue weighted by molar-refractivity contribution is 5.75. The van der Waals surface area contributed by atoms with Gasteiger partial charge < -0.3 is 15.2 Å². The fourth-order valence-electron chi connectivity index (χ4n) is 3.47. The Balaban J connectivity index is 1.47. The third-order valence-electron chi connectivity index (χ3n) is 5.08. The summed E-state index contributed by atoms with van der Waals surface area (Å²) in [5.41, 5.74) is 8.50. The lowest BCUT2D eigenvalue weighted by Gasteiger charge is -2.34. The Morgan fingerprint density at radius 1 is 1.07 bits per heavy atom. The van der Waals surface area contributed by atoms with Gasteiger partial charge in [0.1, 0.15) is 5.65 Å². The summed E-state index contributed by atoms with van der Waals surface area (Å²) < 4.78 is 1.99. The summed E-state index contributed by atoms with van der Waals surface area (Å²) in [7, 11) is 0. The van der Waals surface area contributed by atoms with Crippen molar-refractivity contribution in [1.82, 2.24) is 19.4 Å². The summed E-state index contributed by atoms with van der Waals surface area (Å²) in [5, 5.41) is 0.574. The zero-order valence-electron chi connectivity index (χ0n) is 15.5. The van der Waals surface area contributed by atoms with Gasteiger partial charge in [0.2, 0.25) is 5.95 Å². The molecule has 0 spiro atoms. The van der Waals surface area contributed by atoms with E-state index in [0.717, 1.165) is 45.0 Å². The number of pyridine rings is 1. The van der Waals surface area contributed by atoms with Crippen LogP contribution in [0.4, 0.5) is 11.6 Å². The Hall–Kier alpha value is -2.93. The molecule has 7 nitrogen and oxygen atoms in total. The van der Waals surface area contributed by atoms with Gasteiger partial charge in [0.25, 0.3) is 0 Å². The number of hydrogen-bond donors (Lipinski definition) is 1. The second-order valence-electron chi connectivity index (χ2n) is 6.88. The molecule has 0 unspecified atom stereocenters. The highest BCUT2D eigenvalue weighted by Crippen LogP contribution is 2.16. The lowest BCUT2D eigenvalue weighted by Crippen LogP contribution is -2.46. The molecule has 3 aromatic rings. The number of anilines is 2. The number of nitrogens with two attached hydrogens (primary N) is 1. The van der Waals surface area contributed by atoms with E-state index in [9.17, 15) is 4.79 Å². The SMILES string of the molecule is CCn1ccc(=O)c2cnc(N3CCN(Cc4ccc(N)cc4)CC3)nc21. The molecule has 0 aliphatic carbocycles. The van der Waals surface area contributed by atoms with Crippen LogP contribution in [0.3, 0.4) is 0 Å². The Morgan fingerprint density at radius 3 is 2.52 bits per heavy atom. The van der Waals surface area contributed by atoms with Crippen molar-refractivity contribution in [2.75, 3.05) is 36.8 Å². The molecule has 0 atom stereocenters. The highest BCUT2D eigenvalue weighted by Gasteiger charge is 2.20. The average molecular weight is 364 g/mol. The summed E-state index contributed by atoms with van der Waals surface area (Å²) in [6.45, 7) is 7.35. The smallest absolute Gasteiger partial charge is 0.227 e. The van der Waals surface area contributed by atoms with Gasteiger partial charge in [0.05, 0.1) is 5.39 Å². The van der Waals surface area contributed by atoms with Crippen LogP contribution in [0.1, 0.15) is 12.5 Å². The van der Waals surface area contributed by atoms with Crippen LogP contribution < -0.4 is 16.1 Å². The van der Waals surface area contributed by atoms with Crippen LogP contribution in [0.25, 0.3) is 11.0 Å². The Morgan fingerprint density at radius 2 is 1.81 bits per heavy atom. The van der Waals surface area contributed by atoms with E-state index in [1.807, 2.05) is 23.6 Å². The molecule has 7 heteroatoms. The first kappa shape index (κ1) is 17.5. The molecule has 0 radical (unpaired) electrons. The average Bonchev–Trinajstić information content (AvgIpc) is 2.70. The highest BCUT2D eigenvalue weighted by atomic mass is 16.1. The zero-order chi connectivity index (χ0) is 18.8. The molecule has 0 bridgehead atoms.